The van der Waals surface area contributed by atoms with E-state index in [1.54, 1.807) is 42.5 Å². The number of hydrogen-bond acceptors (Lipinski definition) is 3. The van der Waals surface area contributed by atoms with Crippen LogP contribution in [0.5, 0.6) is 0 Å². The van der Waals surface area contributed by atoms with Gasteiger partial charge in [-0.3, -0.25) is 9.52 Å². The summed E-state index contributed by atoms with van der Waals surface area (Å²) in [5.74, 6) is -0.270. The first-order valence-electron chi connectivity index (χ1n) is 10.6. The molecule has 32 heavy (non-hydrogen) atoms. The molecule has 5 nitrogen and oxygen atoms in total. The molecule has 1 amide bonds. The Balaban J connectivity index is 1.71. The maximum Gasteiger partial charge on any atom is 0.261 e. The highest BCUT2D eigenvalue weighted by Gasteiger charge is 2.17. The van der Waals surface area contributed by atoms with Gasteiger partial charge < -0.3 is 5.32 Å². The molecule has 0 aliphatic heterocycles. The van der Waals surface area contributed by atoms with E-state index in [-0.39, 0.29) is 22.3 Å². The number of sulfonamides is 1. The minimum absolute atomic E-state index is 0.0668. The lowest BCUT2D eigenvalue weighted by Crippen LogP contribution is -2.27. The Bertz CT molecular complexity index is 1190. The van der Waals surface area contributed by atoms with Crippen molar-refractivity contribution in [3.05, 3.63) is 95.1 Å². The third-order valence-corrected chi connectivity index (χ3v) is 6.73. The lowest BCUT2D eigenvalue weighted by atomic mass is 9.86. The van der Waals surface area contributed by atoms with Crippen LogP contribution >= 0.6 is 0 Å². The number of nitrogens with one attached hydrogen (secondary N) is 2. The molecular weight excluding hydrogens is 420 g/mol. The van der Waals surface area contributed by atoms with Crippen LogP contribution in [0.25, 0.3) is 0 Å². The fraction of sp³-hybridized carbons (Fsp3) is 0.269. The summed E-state index contributed by atoms with van der Waals surface area (Å²) in [6.45, 7) is 10.3. The van der Waals surface area contributed by atoms with Gasteiger partial charge in [-0.2, -0.15) is 0 Å². The van der Waals surface area contributed by atoms with Gasteiger partial charge in [-0.15, -0.1) is 0 Å². The highest BCUT2D eigenvalue weighted by Crippen LogP contribution is 2.24. The second-order valence-corrected chi connectivity index (χ2v) is 10.7. The van der Waals surface area contributed by atoms with Gasteiger partial charge in [0.25, 0.3) is 15.9 Å². The fourth-order valence-electron chi connectivity index (χ4n) is 3.29. The largest absolute Gasteiger partial charge is 0.346 e. The zero-order valence-corrected chi connectivity index (χ0v) is 20.0. The molecule has 1 unspecified atom stereocenters. The maximum atomic E-state index is 12.8. The number of amides is 1. The summed E-state index contributed by atoms with van der Waals surface area (Å²) in [6, 6.07) is 21.1. The van der Waals surface area contributed by atoms with E-state index in [4.69, 9.17) is 0 Å². The Morgan fingerprint density at radius 2 is 1.53 bits per heavy atom. The van der Waals surface area contributed by atoms with Crippen molar-refractivity contribution >= 4 is 21.6 Å². The predicted molar refractivity (Wildman–Crippen MR) is 129 cm³/mol. The number of carbonyl (C=O) groups excluding carboxylic acids is 1. The molecule has 0 fully saturated rings. The Morgan fingerprint density at radius 3 is 2.12 bits per heavy atom. The number of carbonyl (C=O) groups is 1. The molecule has 6 heteroatoms. The van der Waals surface area contributed by atoms with Gasteiger partial charge in [0, 0.05) is 11.3 Å². The summed E-state index contributed by atoms with van der Waals surface area (Å²) in [5.41, 5.74) is 3.99. The third-order valence-electron chi connectivity index (χ3n) is 5.33. The molecule has 0 saturated heterocycles. The Labute approximate surface area is 190 Å². The van der Waals surface area contributed by atoms with E-state index >= 15 is 0 Å². The minimum Gasteiger partial charge on any atom is -0.346 e. The van der Waals surface area contributed by atoms with E-state index in [0.29, 0.717) is 11.3 Å². The van der Waals surface area contributed by atoms with Crippen LogP contribution in [0.15, 0.2) is 77.7 Å². The molecule has 0 aliphatic rings. The van der Waals surface area contributed by atoms with Crippen molar-refractivity contribution in [1.82, 2.24) is 5.32 Å². The third kappa shape index (κ3) is 5.77. The van der Waals surface area contributed by atoms with Gasteiger partial charge in [0.15, 0.2) is 0 Å². The monoisotopic (exact) mass is 450 g/mol. The molecule has 0 spiro atoms. The molecule has 3 aromatic carbocycles. The van der Waals surface area contributed by atoms with Crippen molar-refractivity contribution in [3.8, 4) is 0 Å². The van der Waals surface area contributed by atoms with Gasteiger partial charge in [0.05, 0.1) is 10.9 Å². The molecule has 3 aromatic rings. The standard InChI is InChI=1S/C26H30N2O3S/c1-18-9-15-24(16-10-18)32(30,31)28-23-8-6-7-21(17-23)25(29)27-19(2)20-11-13-22(14-12-20)26(3,4)5/h6-17,19,28H,1-5H3,(H,27,29). The SMILES string of the molecule is Cc1ccc(S(=O)(=O)Nc2cccc(C(=O)NC(C)c3ccc(C(C)(C)C)cc3)c2)cc1. The van der Waals surface area contributed by atoms with Crippen molar-refractivity contribution in [1.29, 1.82) is 0 Å². The zero-order chi connectivity index (χ0) is 23.5. The van der Waals surface area contributed by atoms with Crippen LogP contribution in [0.4, 0.5) is 5.69 Å². The van der Waals surface area contributed by atoms with Gasteiger partial charge in [-0.05, 0) is 60.7 Å². The number of benzene rings is 3. The van der Waals surface area contributed by atoms with Crippen molar-refractivity contribution in [3.63, 3.8) is 0 Å². The molecule has 168 valence electrons. The first kappa shape index (κ1) is 23.5. The molecule has 1 atom stereocenters. The summed E-state index contributed by atoms with van der Waals surface area (Å²) in [5, 5.41) is 2.98. The lowest BCUT2D eigenvalue weighted by Gasteiger charge is -2.21. The van der Waals surface area contributed by atoms with Crippen LogP contribution in [-0.2, 0) is 15.4 Å². The Hall–Kier alpha value is -3.12. The van der Waals surface area contributed by atoms with Crippen LogP contribution in [0.3, 0.4) is 0 Å². The Morgan fingerprint density at radius 1 is 0.906 bits per heavy atom. The van der Waals surface area contributed by atoms with Gasteiger partial charge in [0.2, 0.25) is 0 Å². The Kier molecular flexibility index (Phi) is 6.74. The van der Waals surface area contributed by atoms with E-state index < -0.39 is 10.0 Å². The van der Waals surface area contributed by atoms with Crippen molar-refractivity contribution < 1.29 is 13.2 Å². The summed E-state index contributed by atoms with van der Waals surface area (Å²) in [6.07, 6.45) is 0. The molecule has 0 aliphatic carbocycles. The quantitative estimate of drug-likeness (QED) is 0.514. The van der Waals surface area contributed by atoms with E-state index in [1.807, 2.05) is 26.0 Å². The number of hydrogen-bond donors (Lipinski definition) is 2. The number of rotatable bonds is 6. The maximum absolute atomic E-state index is 12.8. The topological polar surface area (TPSA) is 75.3 Å². The highest BCUT2D eigenvalue weighted by molar-refractivity contribution is 7.92. The molecule has 2 N–H and O–H groups in total. The summed E-state index contributed by atoms with van der Waals surface area (Å²) in [7, 11) is -3.74. The molecule has 0 heterocycles. The second kappa shape index (κ2) is 9.17. The first-order chi connectivity index (χ1) is 15.0. The summed E-state index contributed by atoms with van der Waals surface area (Å²) in [4.78, 5) is 13.0. The smallest absolute Gasteiger partial charge is 0.261 e. The summed E-state index contributed by atoms with van der Waals surface area (Å²) < 4.78 is 27.8. The van der Waals surface area contributed by atoms with E-state index in [2.05, 4.69) is 42.9 Å². The molecule has 3 rings (SSSR count). The van der Waals surface area contributed by atoms with Crippen molar-refractivity contribution in [2.45, 2.75) is 51.0 Å². The van der Waals surface area contributed by atoms with Crippen LogP contribution in [0.2, 0.25) is 0 Å². The van der Waals surface area contributed by atoms with Gasteiger partial charge >= 0.3 is 0 Å². The molecule has 0 bridgehead atoms. The normalized spacial score (nSPS) is 12.8. The second-order valence-electron chi connectivity index (χ2n) is 9.07. The van der Waals surface area contributed by atoms with E-state index in [9.17, 15) is 13.2 Å². The number of anilines is 1. The van der Waals surface area contributed by atoms with E-state index in [0.717, 1.165) is 11.1 Å². The van der Waals surface area contributed by atoms with Gasteiger partial charge in [-0.25, -0.2) is 8.42 Å². The average molecular weight is 451 g/mol. The van der Waals surface area contributed by atoms with Crippen LogP contribution < -0.4 is 10.0 Å². The zero-order valence-electron chi connectivity index (χ0n) is 19.1. The van der Waals surface area contributed by atoms with Gasteiger partial charge in [-0.1, -0.05) is 68.8 Å². The summed E-state index contributed by atoms with van der Waals surface area (Å²) >= 11 is 0. The number of aryl methyl sites for hydroxylation is 1. The van der Waals surface area contributed by atoms with Crippen LogP contribution in [0.1, 0.15) is 60.8 Å². The highest BCUT2D eigenvalue weighted by atomic mass is 32.2. The minimum atomic E-state index is -3.74. The lowest BCUT2D eigenvalue weighted by molar-refractivity contribution is 0.0940. The van der Waals surface area contributed by atoms with Crippen LogP contribution in [-0.4, -0.2) is 14.3 Å². The molecular formula is C26H30N2O3S. The van der Waals surface area contributed by atoms with Crippen molar-refractivity contribution in [2.24, 2.45) is 0 Å². The molecule has 0 saturated carbocycles. The predicted octanol–water partition coefficient (Wildman–Crippen LogP) is 5.58. The molecule has 0 aromatic heterocycles. The van der Waals surface area contributed by atoms with Gasteiger partial charge in [0.1, 0.15) is 0 Å². The van der Waals surface area contributed by atoms with Crippen LogP contribution in [0, 0.1) is 6.92 Å². The van der Waals surface area contributed by atoms with E-state index in [1.165, 1.54) is 11.6 Å². The molecule has 0 radical (unpaired) electrons. The average Bonchev–Trinajstić information content (AvgIpc) is 2.73. The van der Waals surface area contributed by atoms with Crippen molar-refractivity contribution in [2.75, 3.05) is 4.72 Å². The first-order valence-corrected chi connectivity index (χ1v) is 12.0. The fourth-order valence-corrected chi connectivity index (χ4v) is 4.34.